The molecule has 0 rings (SSSR count). The van der Waals surface area contributed by atoms with Crippen LogP contribution in [0.1, 0.15) is 53.4 Å². The molecule has 0 aromatic heterocycles. The maximum absolute atomic E-state index is 11.0. The van der Waals surface area contributed by atoms with Crippen molar-refractivity contribution in [3.8, 4) is 0 Å². The van der Waals surface area contributed by atoms with Gasteiger partial charge in [0.25, 0.3) is 0 Å². The van der Waals surface area contributed by atoms with Crippen LogP contribution in [0.2, 0.25) is 0 Å². The SMILES string of the molecule is CCCCN(CCC(OCC)C(=O)O)C(C)CC. The summed E-state index contributed by atoms with van der Waals surface area (Å²) in [5.41, 5.74) is 0. The number of rotatable bonds is 11. The molecule has 4 nitrogen and oxygen atoms in total. The van der Waals surface area contributed by atoms with E-state index in [2.05, 4.69) is 25.7 Å². The predicted molar refractivity (Wildman–Crippen MR) is 73.9 cm³/mol. The minimum absolute atomic E-state index is 0.454. The van der Waals surface area contributed by atoms with E-state index in [-0.39, 0.29) is 0 Å². The highest BCUT2D eigenvalue weighted by molar-refractivity contribution is 5.72. The van der Waals surface area contributed by atoms with Gasteiger partial charge in [0.2, 0.25) is 0 Å². The molecule has 0 bridgehead atoms. The summed E-state index contributed by atoms with van der Waals surface area (Å²) in [4.78, 5) is 13.4. The lowest BCUT2D eigenvalue weighted by atomic mass is 10.1. The Morgan fingerprint density at radius 2 is 1.94 bits per heavy atom. The Labute approximate surface area is 111 Å². The summed E-state index contributed by atoms with van der Waals surface area (Å²) in [6.07, 6.45) is 3.33. The molecule has 0 radical (unpaired) electrons. The highest BCUT2D eigenvalue weighted by Gasteiger charge is 2.20. The van der Waals surface area contributed by atoms with Gasteiger partial charge in [0.05, 0.1) is 0 Å². The number of unbranched alkanes of at least 4 members (excludes halogenated alkanes) is 1. The number of ether oxygens (including phenoxy) is 1. The van der Waals surface area contributed by atoms with E-state index in [1.54, 1.807) is 0 Å². The van der Waals surface area contributed by atoms with Gasteiger partial charge in [-0.3, -0.25) is 0 Å². The molecule has 108 valence electrons. The molecule has 0 amide bonds. The number of carboxylic acids is 1. The molecule has 0 aliphatic carbocycles. The van der Waals surface area contributed by atoms with Crippen molar-refractivity contribution in [1.29, 1.82) is 0 Å². The quantitative estimate of drug-likeness (QED) is 0.620. The Bertz CT molecular complexity index is 221. The van der Waals surface area contributed by atoms with E-state index in [1.807, 2.05) is 6.92 Å². The Morgan fingerprint density at radius 1 is 1.28 bits per heavy atom. The summed E-state index contributed by atoms with van der Waals surface area (Å²) in [5.74, 6) is -0.851. The van der Waals surface area contributed by atoms with Crippen molar-refractivity contribution in [2.45, 2.75) is 65.5 Å². The minimum Gasteiger partial charge on any atom is -0.479 e. The standard InChI is InChI=1S/C14H29NO3/c1-5-8-10-15(12(4)6-2)11-9-13(14(16)17)18-7-3/h12-13H,5-11H2,1-4H3,(H,16,17). The number of carbonyl (C=O) groups is 1. The summed E-state index contributed by atoms with van der Waals surface area (Å²) in [5, 5.41) is 9.05. The van der Waals surface area contributed by atoms with Crippen LogP contribution in [0, 0.1) is 0 Å². The first-order valence-corrected chi connectivity index (χ1v) is 7.15. The second-order valence-electron chi connectivity index (χ2n) is 4.72. The number of hydrogen-bond donors (Lipinski definition) is 1. The Kier molecular flexibility index (Phi) is 9.98. The van der Waals surface area contributed by atoms with Crippen LogP contribution in [-0.2, 0) is 9.53 Å². The second-order valence-corrected chi connectivity index (χ2v) is 4.72. The molecule has 0 aromatic rings. The van der Waals surface area contributed by atoms with Crippen LogP contribution in [0.25, 0.3) is 0 Å². The van der Waals surface area contributed by atoms with Crippen LogP contribution in [0.4, 0.5) is 0 Å². The topological polar surface area (TPSA) is 49.8 Å². The molecular formula is C14H29NO3. The van der Waals surface area contributed by atoms with Crippen molar-refractivity contribution in [2.24, 2.45) is 0 Å². The molecule has 0 aromatic carbocycles. The average Bonchev–Trinajstić information content (AvgIpc) is 2.36. The molecule has 0 aliphatic heterocycles. The van der Waals surface area contributed by atoms with Gasteiger partial charge >= 0.3 is 5.97 Å². The van der Waals surface area contributed by atoms with Crippen LogP contribution >= 0.6 is 0 Å². The van der Waals surface area contributed by atoms with Gasteiger partial charge in [-0.15, -0.1) is 0 Å². The molecule has 18 heavy (non-hydrogen) atoms. The first-order valence-electron chi connectivity index (χ1n) is 7.15. The van der Waals surface area contributed by atoms with E-state index in [0.29, 0.717) is 19.1 Å². The molecule has 0 fully saturated rings. The molecule has 0 saturated carbocycles. The number of aliphatic carboxylic acids is 1. The van der Waals surface area contributed by atoms with Gasteiger partial charge < -0.3 is 14.7 Å². The molecule has 1 N–H and O–H groups in total. The van der Waals surface area contributed by atoms with Crippen molar-refractivity contribution in [3.63, 3.8) is 0 Å². The largest absolute Gasteiger partial charge is 0.479 e. The van der Waals surface area contributed by atoms with Crippen molar-refractivity contribution in [1.82, 2.24) is 4.90 Å². The predicted octanol–water partition coefficient (Wildman–Crippen LogP) is 2.77. The zero-order valence-corrected chi connectivity index (χ0v) is 12.3. The molecule has 2 unspecified atom stereocenters. The Morgan fingerprint density at radius 3 is 2.39 bits per heavy atom. The number of nitrogens with zero attached hydrogens (tertiary/aromatic N) is 1. The van der Waals surface area contributed by atoms with Gasteiger partial charge in [-0.25, -0.2) is 4.79 Å². The number of hydrogen-bond acceptors (Lipinski definition) is 3. The smallest absolute Gasteiger partial charge is 0.332 e. The van der Waals surface area contributed by atoms with Gasteiger partial charge in [0.15, 0.2) is 6.10 Å². The third-order valence-corrected chi connectivity index (χ3v) is 3.33. The monoisotopic (exact) mass is 259 g/mol. The van der Waals surface area contributed by atoms with Crippen LogP contribution in [0.3, 0.4) is 0 Å². The van der Waals surface area contributed by atoms with Gasteiger partial charge in [-0.1, -0.05) is 20.3 Å². The fourth-order valence-electron chi connectivity index (χ4n) is 1.93. The van der Waals surface area contributed by atoms with E-state index >= 15 is 0 Å². The van der Waals surface area contributed by atoms with E-state index in [9.17, 15) is 4.79 Å². The normalized spacial score (nSPS) is 14.7. The molecule has 0 spiro atoms. The second kappa shape index (κ2) is 10.3. The van der Waals surface area contributed by atoms with Crippen molar-refractivity contribution in [3.05, 3.63) is 0 Å². The Balaban J connectivity index is 4.24. The minimum atomic E-state index is -0.851. The highest BCUT2D eigenvalue weighted by Crippen LogP contribution is 2.09. The summed E-state index contributed by atoms with van der Waals surface area (Å²) in [6, 6.07) is 0.507. The molecule has 0 saturated heterocycles. The maximum atomic E-state index is 11.0. The summed E-state index contributed by atoms with van der Waals surface area (Å²) in [6.45, 7) is 10.7. The lowest BCUT2D eigenvalue weighted by molar-refractivity contribution is -0.150. The maximum Gasteiger partial charge on any atom is 0.332 e. The molecule has 2 atom stereocenters. The lowest BCUT2D eigenvalue weighted by Crippen LogP contribution is -2.37. The number of carboxylic acid groups (broad SMARTS) is 1. The Hall–Kier alpha value is -0.610. The van der Waals surface area contributed by atoms with Gasteiger partial charge in [-0.05, 0) is 39.7 Å². The van der Waals surface area contributed by atoms with Crippen molar-refractivity contribution < 1.29 is 14.6 Å². The van der Waals surface area contributed by atoms with E-state index in [4.69, 9.17) is 9.84 Å². The first-order chi connectivity index (χ1) is 8.56. The van der Waals surface area contributed by atoms with Gasteiger partial charge in [0.1, 0.15) is 0 Å². The van der Waals surface area contributed by atoms with Gasteiger partial charge in [0, 0.05) is 19.2 Å². The van der Waals surface area contributed by atoms with Crippen LogP contribution in [-0.4, -0.2) is 47.8 Å². The highest BCUT2D eigenvalue weighted by atomic mass is 16.5. The molecule has 4 heteroatoms. The van der Waals surface area contributed by atoms with E-state index in [1.165, 1.54) is 6.42 Å². The van der Waals surface area contributed by atoms with Crippen molar-refractivity contribution in [2.75, 3.05) is 19.7 Å². The first kappa shape index (κ1) is 17.4. The molecule has 0 aliphatic rings. The zero-order chi connectivity index (χ0) is 14.0. The third-order valence-electron chi connectivity index (χ3n) is 3.33. The summed E-state index contributed by atoms with van der Waals surface area (Å²) < 4.78 is 5.25. The van der Waals surface area contributed by atoms with Crippen LogP contribution in [0.15, 0.2) is 0 Å². The fraction of sp³-hybridized carbons (Fsp3) is 0.929. The summed E-state index contributed by atoms with van der Waals surface area (Å²) in [7, 11) is 0. The summed E-state index contributed by atoms with van der Waals surface area (Å²) >= 11 is 0. The lowest BCUT2D eigenvalue weighted by Gasteiger charge is -2.29. The fourth-order valence-corrected chi connectivity index (χ4v) is 1.93. The van der Waals surface area contributed by atoms with E-state index in [0.717, 1.165) is 25.9 Å². The molecular weight excluding hydrogens is 230 g/mol. The third kappa shape index (κ3) is 6.97. The molecule has 0 heterocycles. The van der Waals surface area contributed by atoms with Gasteiger partial charge in [-0.2, -0.15) is 0 Å². The van der Waals surface area contributed by atoms with E-state index < -0.39 is 12.1 Å². The van der Waals surface area contributed by atoms with Crippen molar-refractivity contribution >= 4 is 5.97 Å². The van der Waals surface area contributed by atoms with Crippen LogP contribution in [0.5, 0.6) is 0 Å². The zero-order valence-electron chi connectivity index (χ0n) is 12.3. The van der Waals surface area contributed by atoms with Crippen LogP contribution < -0.4 is 0 Å². The average molecular weight is 259 g/mol.